The molecule has 1 saturated heterocycles. The number of amides is 3. The van der Waals surface area contributed by atoms with Gasteiger partial charge in [-0.25, -0.2) is 0 Å². The second-order valence-electron chi connectivity index (χ2n) is 6.79. The van der Waals surface area contributed by atoms with Gasteiger partial charge in [0.15, 0.2) is 5.76 Å². The summed E-state index contributed by atoms with van der Waals surface area (Å²) in [5.41, 5.74) is 0.906. The Morgan fingerprint density at radius 3 is 2.68 bits per heavy atom. The smallest absolute Gasteiger partial charge is 0.287 e. The molecule has 0 saturated carbocycles. The van der Waals surface area contributed by atoms with E-state index >= 15 is 0 Å². The molecule has 2 heterocycles. The Labute approximate surface area is 164 Å². The average molecular weight is 383 g/mol. The van der Waals surface area contributed by atoms with Crippen molar-refractivity contribution < 1.29 is 18.8 Å². The van der Waals surface area contributed by atoms with Crippen LogP contribution in [0.1, 0.15) is 47.8 Å². The quantitative estimate of drug-likeness (QED) is 0.847. The van der Waals surface area contributed by atoms with E-state index in [0.717, 1.165) is 24.8 Å². The average Bonchev–Trinajstić information content (AvgIpc) is 3.26. The molecule has 2 aromatic rings. The van der Waals surface area contributed by atoms with Gasteiger partial charge in [-0.2, -0.15) is 0 Å². The van der Waals surface area contributed by atoms with Crippen LogP contribution in [0.5, 0.6) is 0 Å². The van der Waals surface area contributed by atoms with Gasteiger partial charge in [-0.3, -0.25) is 14.4 Å². The molecule has 7 heteroatoms. The predicted octanol–water partition coefficient (Wildman–Crippen LogP) is 2.27. The number of hydrogen-bond donors (Lipinski definition) is 2. The number of carbonyl (C=O) groups excluding carboxylic acids is 3. The van der Waals surface area contributed by atoms with Gasteiger partial charge in [0.25, 0.3) is 5.91 Å². The van der Waals surface area contributed by atoms with Crippen LogP contribution < -0.4 is 10.6 Å². The van der Waals surface area contributed by atoms with Gasteiger partial charge in [0.2, 0.25) is 11.8 Å². The fourth-order valence-corrected chi connectivity index (χ4v) is 3.35. The Bertz CT molecular complexity index is 789. The van der Waals surface area contributed by atoms with Gasteiger partial charge < -0.3 is 20.0 Å². The highest BCUT2D eigenvalue weighted by molar-refractivity contribution is 5.94. The molecule has 0 aliphatic carbocycles. The second-order valence-corrected chi connectivity index (χ2v) is 6.79. The van der Waals surface area contributed by atoms with E-state index in [9.17, 15) is 14.4 Å². The fourth-order valence-electron chi connectivity index (χ4n) is 3.35. The van der Waals surface area contributed by atoms with Crippen molar-refractivity contribution in [2.75, 3.05) is 19.6 Å². The zero-order valence-electron chi connectivity index (χ0n) is 15.7. The van der Waals surface area contributed by atoms with Crippen molar-refractivity contribution >= 4 is 17.7 Å². The summed E-state index contributed by atoms with van der Waals surface area (Å²) in [5.74, 6) is -0.573. The third-order valence-corrected chi connectivity index (χ3v) is 4.80. The summed E-state index contributed by atoms with van der Waals surface area (Å²) in [6.45, 7) is 1.06. The number of nitrogens with zero attached hydrogens (tertiary/aromatic N) is 1. The molecule has 1 aliphatic heterocycles. The Morgan fingerprint density at radius 2 is 1.93 bits per heavy atom. The Kier molecular flexibility index (Phi) is 6.84. The van der Waals surface area contributed by atoms with Crippen LogP contribution in [0, 0.1) is 0 Å². The first kappa shape index (κ1) is 19.7. The molecule has 1 aromatic carbocycles. The minimum Gasteiger partial charge on any atom is -0.459 e. The number of benzene rings is 1. The molecule has 148 valence electrons. The molecular formula is C21H25N3O4. The van der Waals surface area contributed by atoms with Crippen molar-refractivity contribution in [3.63, 3.8) is 0 Å². The lowest BCUT2D eigenvalue weighted by Gasteiger charge is -2.33. The normalized spacial score (nSPS) is 18.2. The highest BCUT2D eigenvalue weighted by Crippen LogP contribution is 2.25. The third-order valence-electron chi connectivity index (χ3n) is 4.80. The van der Waals surface area contributed by atoms with Gasteiger partial charge in [-0.05, 0) is 37.0 Å². The van der Waals surface area contributed by atoms with Gasteiger partial charge in [0, 0.05) is 13.1 Å². The van der Waals surface area contributed by atoms with Crippen molar-refractivity contribution in [3.8, 4) is 0 Å². The van der Waals surface area contributed by atoms with Crippen molar-refractivity contribution in [1.82, 2.24) is 15.5 Å². The second kappa shape index (κ2) is 9.73. The molecule has 1 fully saturated rings. The van der Waals surface area contributed by atoms with Gasteiger partial charge in [0.05, 0.1) is 25.3 Å². The molecule has 3 amide bonds. The summed E-state index contributed by atoms with van der Waals surface area (Å²) in [6, 6.07) is 12.3. The van der Waals surface area contributed by atoms with Crippen LogP contribution in [0.2, 0.25) is 0 Å². The summed E-state index contributed by atoms with van der Waals surface area (Å²) in [5, 5.41) is 5.53. The monoisotopic (exact) mass is 383 g/mol. The van der Waals surface area contributed by atoms with Crippen LogP contribution >= 0.6 is 0 Å². The summed E-state index contributed by atoms with van der Waals surface area (Å²) in [6.07, 6.45) is 4.26. The lowest BCUT2D eigenvalue weighted by molar-refractivity contribution is -0.134. The SMILES string of the molecule is O=C1CC(c2ccccc2)N(C(=O)CNC(=O)c2ccco2)CCCCCN1. The van der Waals surface area contributed by atoms with Gasteiger partial charge >= 0.3 is 0 Å². The largest absolute Gasteiger partial charge is 0.459 e. The molecule has 28 heavy (non-hydrogen) atoms. The summed E-state index contributed by atoms with van der Waals surface area (Å²) >= 11 is 0. The molecule has 1 aromatic heterocycles. The molecule has 1 atom stereocenters. The van der Waals surface area contributed by atoms with Crippen molar-refractivity contribution in [3.05, 3.63) is 60.1 Å². The molecule has 7 nitrogen and oxygen atoms in total. The van der Waals surface area contributed by atoms with E-state index in [2.05, 4.69) is 10.6 Å². The number of nitrogens with one attached hydrogen (secondary N) is 2. The van der Waals surface area contributed by atoms with Crippen molar-refractivity contribution in [2.45, 2.75) is 31.7 Å². The first-order chi connectivity index (χ1) is 13.6. The summed E-state index contributed by atoms with van der Waals surface area (Å²) < 4.78 is 5.05. The number of hydrogen-bond acceptors (Lipinski definition) is 4. The lowest BCUT2D eigenvalue weighted by Crippen LogP contribution is -2.44. The highest BCUT2D eigenvalue weighted by atomic mass is 16.3. The number of carbonyl (C=O) groups is 3. The summed E-state index contributed by atoms with van der Waals surface area (Å²) in [4.78, 5) is 39.1. The van der Waals surface area contributed by atoms with Crippen LogP contribution in [-0.4, -0.2) is 42.3 Å². The maximum atomic E-state index is 13.0. The van der Waals surface area contributed by atoms with E-state index in [1.54, 1.807) is 17.0 Å². The zero-order chi connectivity index (χ0) is 19.8. The van der Waals surface area contributed by atoms with E-state index in [4.69, 9.17) is 4.42 Å². The predicted molar refractivity (Wildman–Crippen MR) is 103 cm³/mol. The Balaban J connectivity index is 1.76. The van der Waals surface area contributed by atoms with Crippen molar-refractivity contribution in [2.24, 2.45) is 0 Å². The molecule has 0 spiro atoms. The minimum absolute atomic E-state index is 0.0758. The van der Waals surface area contributed by atoms with Crippen LogP contribution in [0.25, 0.3) is 0 Å². The highest BCUT2D eigenvalue weighted by Gasteiger charge is 2.28. The zero-order valence-corrected chi connectivity index (χ0v) is 15.7. The number of furan rings is 1. The van der Waals surface area contributed by atoms with Crippen LogP contribution in [0.4, 0.5) is 0 Å². The van der Waals surface area contributed by atoms with Gasteiger partial charge in [0.1, 0.15) is 0 Å². The summed E-state index contributed by atoms with van der Waals surface area (Å²) in [7, 11) is 0. The molecule has 1 unspecified atom stereocenters. The molecule has 1 aliphatic rings. The van der Waals surface area contributed by atoms with Crippen LogP contribution in [-0.2, 0) is 9.59 Å². The van der Waals surface area contributed by atoms with E-state index < -0.39 is 5.91 Å². The Hall–Kier alpha value is -3.09. The Morgan fingerprint density at radius 1 is 1.11 bits per heavy atom. The first-order valence-electron chi connectivity index (χ1n) is 9.58. The van der Waals surface area contributed by atoms with Crippen molar-refractivity contribution in [1.29, 1.82) is 0 Å². The van der Waals surface area contributed by atoms with E-state index in [0.29, 0.717) is 13.1 Å². The maximum Gasteiger partial charge on any atom is 0.287 e. The lowest BCUT2D eigenvalue weighted by atomic mass is 10.00. The van der Waals surface area contributed by atoms with Crippen LogP contribution in [0.15, 0.2) is 53.1 Å². The first-order valence-corrected chi connectivity index (χ1v) is 9.58. The fraction of sp³-hybridized carbons (Fsp3) is 0.381. The molecule has 0 radical (unpaired) electrons. The third kappa shape index (κ3) is 5.22. The topological polar surface area (TPSA) is 91.7 Å². The molecule has 3 rings (SSSR count). The standard InChI is InChI=1S/C21H25N3O4/c25-19-14-17(16-8-3-1-4-9-16)24(12-6-2-5-11-22-19)20(26)15-23-21(27)18-10-7-13-28-18/h1,3-4,7-10,13,17H,2,5-6,11-12,14-15H2,(H,22,25)(H,23,27). The molecule has 2 N–H and O–H groups in total. The van der Waals surface area contributed by atoms with E-state index in [-0.39, 0.29) is 36.6 Å². The molecule has 0 bridgehead atoms. The van der Waals surface area contributed by atoms with E-state index in [1.807, 2.05) is 30.3 Å². The van der Waals surface area contributed by atoms with E-state index in [1.165, 1.54) is 6.26 Å². The molecular weight excluding hydrogens is 358 g/mol. The maximum absolute atomic E-state index is 13.0. The minimum atomic E-state index is -0.437. The number of rotatable bonds is 4. The van der Waals surface area contributed by atoms with Gasteiger partial charge in [-0.15, -0.1) is 0 Å². The van der Waals surface area contributed by atoms with Crippen LogP contribution in [0.3, 0.4) is 0 Å². The van der Waals surface area contributed by atoms with Gasteiger partial charge in [-0.1, -0.05) is 30.3 Å².